The molecule has 1 aromatic carbocycles. The maximum Gasteiger partial charge on any atom is 0.261 e. The van der Waals surface area contributed by atoms with E-state index >= 15 is 0 Å². The minimum Gasteiger partial charge on any atom is -0.207 e. The predicted molar refractivity (Wildman–Crippen MR) is 67.6 cm³/mol. The third kappa shape index (κ3) is 2.98. The summed E-state index contributed by atoms with van der Waals surface area (Å²) in [6.07, 6.45) is 1.64. The van der Waals surface area contributed by atoms with Crippen LogP contribution in [0, 0.1) is 0 Å². The molecule has 4 heteroatoms. The zero-order valence-electron chi connectivity index (χ0n) is 9.83. The van der Waals surface area contributed by atoms with Crippen LogP contribution in [0.15, 0.2) is 23.1 Å². The average molecular weight is 261 g/mol. The van der Waals surface area contributed by atoms with Gasteiger partial charge in [-0.25, -0.2) is 8.42 Å². The van der Waals surface area contributed by atoms with E-state index in [1.54, 1.807) is 0 Å². The Morgan fingerprint density at radius 2 is 1.94 bits per heavy atom. The van der Waals surface area contributed by atoms with Crippen LogP contribution < -0.4 is 0 Å². The molecule has 0 unspecified atom stereocenters. The Morgan fingerprint density at radius 1 is 1.31 bits per heavy atom. The molecule has 0 spiro atoms. The van der Waals surface area contributed by atoms with Gasteiger partial charge in [-0.1, -0.05) is 45.4 Å². The van der Waals surface area contributed by atoms with Crippen LogP contribution in [0.3, 0.4) is 0 Å². The smallest absolute Gasteiger partial charge is 0.207 e. The van der Waals surface area contributed by atoms with Crippen LogP contribution in [0.25, 0.3) is 0 Å². The van der Waals surface area contributed by atoms with Crippen LogP contribution in [0.2, 0.25) is 0 Å². The van der Waals surface area contributed by atoms with Gasteiger partial charge in [0.25, 0.3) is 9.05 Å². The number of hydrogen-bond donors (Lipinski definition) is 0. The van der Waals surface area contributed by atoms with Crippen LogP contribution >= 0.6 is 10.7 Å². The maximum absolute atomic E-state index is 11.6. The van der Waals surface area contributed by atoms with Gasteiger partial charge in [-0.2, -0.15) is 0 Å². The van der Waals surface area contributed by atoms with E-state index < -0.39 is 9.05 Å². The number of hydrogen-bond acceptors (Lipinski definition) is 2. The fourth-order valence-electron chi connectivity index (χ4n) is 1.82. The van der Waals surface area contributed by atoms with Crippen LogP contribution in [0.4, 0.5) is 0 Å². The van der Waals surface area contributed by atoms with Gasteiger partial charge in [0.05, 0.1) is 4.90 Å². The summed E-state index contributed by atoms with van der Waals surface area (Å²) in [5, 5.41) is 0. The average Bonchev–Trinajstić information content (AvgIpc) is 2.16. The topological polar surface area (TPSA) is 34.1 Å². The van der Waals surface area contributed by atoms with Gasteiger partial charge >= 0.3 is 0 Å². The molecule has 1 aromatic rings. The molecule has 0 saturated carbocycles. The van der Waals surface area contributed by atoms with E-state index in [1.165, 1.54) is 0 Å². The predicted octanol–water partition coefficient (Wildman–Crippen LogP) is 3.69. The highest BCUT2D eigenvalue weighted by molar-refractivity contribution is 8.13. The number of aryl methyl sites for hydroxylation is 1. The molecular weight excluding hydrogens is 244 g/mol. The maximum atomic E-state index is 11.6. The van der Waals surface area contributed by atoms with E-state index in [9.17, 15) is 8.42 Å². The highest BCUT2D eigenvalue weighted by Gasteiger charge is 2.21. The second-order valence-corrected chi connectivity index (χ2v) is 6.68. The van der Waals surface area contributed by atoms with Gasteiger partial charge in [0.15, 0.2) is 0 Å². The lowest BCUT2D eigenvalue weighted by Crippen LogP contribution is -2.04. The Labute approximate surface area is 102 Å². The number of benzene rings is 1. The van der Waals surface area contributed by atoms with Gasteiger partial charge in [-0.05, 0) is 23.5 Å². The molecule has 0 aliphatic heterocycles. The second-order valence-electron chi connectivity index (χ2n) is 4.18. The van der Waals surface area contributed by atoms with Crippen molar-refractivity contribution in [3.8, 4) is 0 Å². The summed E-state index contributed by atoms with van der Waals surface area (Å²) in [5.74, 6) is 0.153. The molecular formula is C12H17ClO2S. The van der Waals surface area contributed by atoms with Gasteiger partial charge < -0.3 is 0 Å². The van der Waals surface area contributed by atoms with E-state index in [4.69, 9.17) is 10.7 Å². The summed E-state index contributed by atoms with van der Waals surface area (Å²) in [4.78, 5) is 0.313. The SMILES string of the molecule is CCCc1cccc(C(C)C)c1S(=O)(=O)Cl. The third-order valence-electron chi connectivity index (χ3n) is 2.51. The summed E-state index contributed by atoms with van der Waals surface area (Å²) < 4.78 is 23.2. The lowest BCUT2D eigenvalue weighted by atomic mass is 9.99. The standard InChI is InChI=1S/C12H17ClO2S/c1-4-6-10-7-5-8-11(9(2)3)12(10)16(13,14)15/h5,7-9H,4,6H2,1-3H3. The largest absolute Gasteiger partial charge is 0.261 e. The van der Waals surface area contributed by atoms with Gasteiger partial charge in [0.1, 0.15) is 0 Å². The fraction of sp³-hybridized carbons (Fsp3) is 0.500. The molecule has 0 bridgehead atoms. The molecule has 2 nitrogen and oxygen atoms in total. The summed E-state index contributed by atoms with van der Waals surface area (Å²) in [6.45, 7) is 5.96. The first kappa shape index (κ1) is 13.5. The van der Waals surface area contributed by atoms with E-state index in [-0.39, 0.29) is 5.92 Å². The Kier molecular flexibility index (Phi) is 4.39. The molecule has 1 rings (SSSR count). The van der Waals surface area contributed by atoms with Crippen molar-refractivity contribution < 1.29 is 8.42 Å². The normalized spacial score (nSPS) is 12.1. The van der Waals surface area contributed by atoms with Crippen LogP contribution in [-0.2, 0) is 15.5 Å². The van der Waals surface area contributed by atoms with Gasteiger partial charge in [-0.15, -0.1) is 0 Å². The molecule has 0 heterocycles. The third-order valence-corrected chi connectivity index (χ3v) is 3.96. The zero-order valence-corrected chi connectivity index (χ0v) is 11.4. The first-order valence-corrected chi connectivity index (χ1v) is 7.75. The second kappa shape index (κ2) is 5.19. The quantitative estimate of drug-likeness (QED) is 0.774. The first-order chi connectivity index (χ1) is 7.38. The van der Waals surface area contributed by atoms with Crippen molar-refractivity contribution in [3.63, 3.8) is 0 Å². The van der Waals surface area contributed by atoms with Crippen LogP contribution in [-0.4, -0.2) is 8.42 Å². The van der Waals surface area contributed by atoms with Crippen molar-refractivity contribution in [1.82, 2.24) is 0 Å². The molecule has 0 amide bonds. The van der Waals surface area contributed by atoms with Crippen LogP contribution in [0.5, 0.6) is 0 Å². The molecule has 90 valence electrons. The van der Waals surface area contributed by atoms with Crippen molar-refractivity contribution in [2.45, 2.75) is 44.4 Å². The monoisotopic (exact) mass is 260 g/mol. The van der Waals surface area contributed by atoms with E-state index in [0.717, 1.165) is 24.0 Å². The molecule has 0 aromatic heterocycles. The molecule has 0 saturated heterocycles. The van der Waals surface area contributed by atoms with Crippen molar-refractivity contribution in [2.75, 3.05) is 0 Å². The minimum atomic E-state index is -3.66. The molecule has 0 aliphatic rings. The minimum absolute atomic E-state index is 0.153. The summed E-state index contributed by atoms with van der Waals surface area (Å²) in [5.41, 5.74) is 1.63. The van der Waals surface area contributed by atoms with E-state index in [2.05, 4.69) is 0 Å². The summed E-state index contributed by atoms with van der Waals surface area (Å²) in [6, 6.07) is 5.57. The van der Waals surface area contributed by atoms with Crippen molar-refractivity contribution in [3.05, 3.63) is 29.3 Å². The molecule has 0 fully saturated rings. The van der Waals surface area contributed by atoms with Gasteiger partial charge in [0.2, 0.25) is 0 Å². The number of halogens is 1. The molecule has 16 heavy (non-hydrogen) atoms. The Morgan fingerprint density at radius 3 is 2.38 bits per heavy atom. The van der Waals surface area contributed by atoms with Gasteiger partial charge in [-0.3, -0.25) is 0 Å². The summed E-state index contributed by atoms with van der Waals surface area (Å²) >= 11 is 0. The lowest BCUT2D eigenvalue weighted by molar-refractivity contribution is 0.605. The molecule has 0 aliphatic carbocycles. The van der Waals surface area contributed by atoms with E-state index in [0.29, 0.717) is 4.90 Å². The Bertz CT molecular complexity index is 464. The Hall–Kier alpha value is -0.540. The zero-order chi connectivity index (χ0) is 12.3. The van der Waals surface area contributed by atoms with E-state index in [1.807, 2.05) is 39.0 Å². The highest BCUT2D eigenvalue weighted by atomic mass is 35.7. The number of rotatable bonds is 4. The van der Waals surface area contributed by atoms with Crippen molar-refractivity contribution in [1.29, 1.82) is 0 Å². The van der Waals surface area contributed by atoms with Crippen molar-refractivity contribution in [2.24, 2.45) is 0 Å². The summed E-state index contributed by atoms with van der Waals surface area (Å²) in [7, 11) is 1.86. The van der Waals surface area contributed by atoms with Gasteiger partial charge in [0, 0.05) is 10.7 Å². The fourth-order valence-corrected chi connectivity index (χ4v) is 3.46. The van der Waals surface area contributed by atoms with Crippen LogP contribution in [0.1, 0.15) is 44.2 Å². The molecule has 0 N–H and O–H groups in total. The van der Waals surface area contributed by atoms with Crippen molar-refractivity contribution >= 4 is 19.7 Å². The Balaban J connectivity index is 3.48. The highest BCUT2D eigenvalue weighted by Crippen LogP contribution is 2.30. The first-order valence-electron chi connectivity index (χ1n) is 5.44. The molecule has 0 atom stereocenters. The lowest BCUT2D eigenvalue weighted by Gasteiger charge is -2.14. The molecule has 0 radical (unpaired) electrons.